The van der Waals surface area contributed by atoms with Gasteiger partial charge in [0, 0.05) is 15.3 Å². The average Bonchev–Trinajstić information content (AvgIpc) is 2.15. The summed E-state index contributed by atoms with van der Waals surface area (Å²) in [6, 6.07) is 0. The van der Waals surface area contributed by atoms with Crippen molar-refractivity contribution in [2.45, 2.75) is 19.2 Å². The van der Waals surface area contributed by atoms with Crippen LogP contribution in [0.5, 0.6) is 0 Å². The van der Waals surface area contributed by atoms with E-state index in [-0.39, 0.29) is 3.57 Å². The van der Waals surface area contributed by atoms with Crippen molar-refractivity contribution in [3.8, 4) is 0 Å². The molecule has 0 saturated carbocycles. The van der Waals surface area contributed by atoms with Gasteiger partial charge in [0.05, 0.1) is 12.2 Å². The molecule has 0 radical (unpaired) electrons. The van der Waals surface area contributed by atoms with Gasteiger partial charge in [-0.15, -0.1) is 0 Å². The maximum Gasteiger partial charge on any atom is 0.418 e. The minimum Gasteiger partial charge on any atom is -0.392 e. The van der Waals surface area contributed by atoms with E-state index in [1.54, 1.807) is 0 Å². The third-order valence-corrected chi connectivity index (χ3v) is 3.02. The Morgan fingerprint density at radius 3 is 2.31 bits per heavy atom. The van der Waals surface area contributed by atoms with E-state index in [2.05, 4.69) is 4.98 Å². The molecule has 1 N–H and O–H groups in total. The van der Waals surface area contributed by atoms with Gasteiger partial charge in [-0.05, 0) is 22.6 Å². The molecule has 0 amide bonds. The van der Waals surface area contributed by atoms with Crippen LogP contribution in [-0.2, 0) is 12.8 Å². The molecule has 0 aromatic carbocycles. The standard InChI is InChI=1S/C8H5F5INO/c9-7(10)6-5(14)3(2-16)4(1-15-6)8(11,12)13/h1,7,16H,2H2. The summed E-state index contributed by atoms with van der Waals surface area (Å²) < 4.78 is 61.5. The van der Waals surface area contributed by atoms with Gasteiger partial charge in [0.15, 0.2) is 0 Å². The van der Waals surface area contributed by atoms with Crippen LogP contribution in [0.4, 0.5) is 22.0 Å². The predicted octanol–water partition coefficient (Wildman–Crippen LogP) is 3.13. The zero-order valence-corrected chi connectivity index (χ0v) is 9.68. The van der Waals surface area contributed by atoms with Crippen molar-refractivity contribution >= 4 is 22.6 Å². The van der Waals surface area contributed by atoms with Crippen LogP contribution in [0, 0.1) is 3.57 Å². The third kappa shape index (κ3) is 2.59. The molecule has 0 fully saturated rings. The van der Waals surface area contributed by atoms with Gasteiger partial charge >= 0.3 is 6.18 Å². The summed E-state index contributed by atoms with van der Waals surface area (Å²) in [6.45, 7) is -0.963. The number of rotatable bonds is 2. The lowest BCUT2D eigenvalue weighted by Crippen LogP contribution is -2.13. The predicted molar refractivity (Wildman–Crippen MR) is 52.8 cm³/mol. The molecule has 1 aromatic heterocycles. The van der Waals surface area contributed by atoms with Crippen LogP contribution in [0.2, 0.25) is 0 Å². The fourth-order valence-electron chi connectivity index (χ4n) is 1.09. The van der Waals surface area contributed by atoms with Gasteiger partial charge in [-0.25, -0.2) is 8.78 Å². The fraction of sp³-hybridized carbons (Fsp3) is 0.375. The van der Waals surface area contributed by atoms with E-state index in [1.807, 2.05) is 0 Å². The number of alkyl halides is 5. The van der Waals surface area contributed by atoms with Gasteiger partial charge in [-0.1, -0.05) is 0 Å². The first kappa shape index (κ1) is 13.6. The first-order valence-corrected chi connectivity index (χ1v) is 5.00. The summed E-state index contributed by atoms with van der Waals surface area (Å²) in [5, 5.41) is 8.79. The Kier molecular flexibility index (Phi) is 4.05. The first-order chi connectivity index (χ1) is 7.29. The van der Waals surface area contributed by atoms with E-state index >= 15 is 0 Å². The van der Waals surface area contributed by atoms with Crippen LogP contribution in [0.3, 0.4) is 0 Å². The number of nitrogens with zero attached hydrogens (tertiary/aromatic N) is 1. The molecule has 0 saturated heterocycles. The van der Waals surface area contributed by atoms with Crippen molar-refractivity contribution in [3.05, 3.63) is 26.6 Å². The molecule has 0 aliphatic carbocycles. The Bertz CT molecular complexity index is 393. The average molecular weight is 353 g/mol. The minimum atomic E-state index is -4.72. The Morgan fingerprint density at radius 1 is 1.38 bits per heavy atom. The lowest BCUT2D eigenvalue weighted by molar-refractivity contribution is -0.139. The largest absolute Gasteiger partial charge is 0.418 e. The van der Waals surface area contributed by atoms with E-state index in [1.165, 1.54) is 22.6 Å². The molecule has 1 rings (SSSR count). The monoisotopic (exact) mass is 353 g/mol. The highest BCUT2D eigenvalue weighted by atomic mass is 127. The minimum absolute atomic E-state index is 0.315. The Morgan fingerprint density at radius 2 is 1.94 bits per heavy atom. The quantitative estimate of drug-likeness (QED) is 0.655. The number of aliphatic hydroxyl groups is 1. The molecular formula is C8H5F5INO. The molecule has 0 unspecified atom stereocenters. The highest BCUT2D eigenvalue weighted by Gasteiger charge is 2.35. The second-order valence-electron chi connectivity index (χ2n) is 2.81. The zero-order chi connectivity index (χ0) is 12.5. The lowest BCUT2D eigenvalue weighted by Gasteiger charge is -2.14. The number of aliphatic hydroxyl groups excluding tert-OH is 1. The second-order valence-corrected chi connectivity index (χ2v) is 3.88. The number of hydrogen-bond acceptors (Lipinski definition) is 2. The van der Waals surface area contributed by atoms with Crippen molar-refractivity contribution in [3.63, 3.8) is 0 Å². The zero-order valence-electron chi connectivity index (χ0n) is 7.52. The molecule has 1 aromatic rings. The smallest absolute Gasteiger partial charge is 0.392 e. The van der Waals surface area contributed by atoms with Crippen LogP contribution in [-0.4, -0.2) is 10.1 Å². The summed E-state index contributed by atoms with van der Waals surface area (Å²) in [5.41, 5.74) is -2.51. The molecule has 0 atom stereocenters. The molecule has 1 heterocycles. The van der Waals surface area contributed by atoms with Crippen LogP contribution in [0.15, 0.2) is 6.20 Å². The SMILES string of the molecule is OCc1c(C(F)(F)F)cnc(C(F)F)c1I. The van der Waals surface area contributed by atoms with Gasteiger partial charge in [-0.3, -0.25) is 4.98 Å². The van der Waals surface area contributed by atoms with Gasteiger partial charge in [0.2, 0.25) is 0 Å². The van der Waals surface area contributed by atoms with Crippen molar-refractivity contribution in [2.24, 2.45) is 0 Å². The molecule has 0 aliphatic rings. The van der Waals surface area contributed by atoms with Crippen LogP contribution in [0.1, 0.15) is 23.2 Å². The van der Waals surface area contributed by atoms with Crippen LogP contribution in [0.25, 0.3) is 0 Å². The van der Waals surface area contributed by atoms with Gasteiger partial charge < -0.3 is 5.11 Å². The number of aromatic nitrogens is 1. The van der Waals surface area contributed by atoms with Crippen molar-refractivity contribution in [1.82, 2.24) is 4.98 Å². The molecule has 16 heavy (non-hydrogen) atoms. The van der Waals surface area contributed by atoms with E-state index in [4.69, 9.17) is 5.11 Å². The summed E-state index contributed by atoms with van der Waals surface area (Å²) in [7, 11) is 0. The van der Waals surface area contributed by atoms with Crippen LogP contribution < -0.4 is 0 Å². The lowest BCUT2D eigenvalue weighted by atomic mass is 10.1. The van der Waals surface area contributed by atoms with E-state index < -0.39 is 36.0 Å². The fourth-order valence-corrected chi connectivity index (χ4v) is 1.93. The van der Waals surface area contributed by atoms with Crippen molar-refractivity contribution in [2.75, 3.05) is 0 Å². The van der Waals surface area contributed by atoms with Gasteiger partial charge in [-0.2, -0.15) is 13.2 Å². The summed E-state index contributed by atoms with van der Waals surface area (Å²) in [5.74, 6) is 0. The number of halogens is 6. The molecule has 0 spiro atoms. The Labute approximate surface area is 101 Å². The highest BCUT2D eigenvalue weighted by Crippen LogP contribution is 2.36. The topological polar surface area (TPSA) is 33.1 Å². The van der Waals surface area contributed by atoms with E-state index in [0.717, 1.165) is 0 Å². The molecule has 0 bridgehead atoms. The third-order valence-electron chi connectivity index (χ3n) is 1.82. The first-order valence-electron chi connectivity index (χ1n) is 3.92. The van der Waals surface area contributed by atoms with E-state index in [9.17, 15) is 22.0 Å². The Hall–Kier alpha value is -0.510. The van der Waals surface area contributed by atoms with Gasteiger partial charge in [0.25, 0.3) is 6.43 Å². The van der Waals surface area contributed by atoms with Crippen molar-refractivity contribution in [1.29, 1.82) is 0 Å². The van der Waals surface area contributed by atoms with Crippen molar-refractivity contribution < 1.29 is 27.1 Å². The van der Waals surface area contributed by atoms with Gasteiger partial charge in [0.1, 0.15) is 5.69 Å². The number of pyridine rings is 1. The Balaban J connectivity index is 3.41. The molecule has 2 nitrogen and oxygen atoms in total. The number of hydrogen-bond donors (Lipinski definition) is 1. The summed E-state index contributed by atoms with van der Waals surface area (Å²) in [4.78, 5) is 3.06. The molecule has 90 valence electrons. The summed E-state index contributed by atoms with van der Waals surface area (Å²) in [6.07, 6.45) is -7.37. The molecular weight excluding hydrogens is 348 g/mol. The molecule has 0 aliphatic heterocycles. The van der Waals surface area contributed by atoms with Crippen LogP contribution >= 0.6 is 22.6 Å². The van der Waals surface area contributed by atoms with E-state index in [0.29, 0.717) is 6.20 Å². The second kappa shape index (κ2) is 4.78. The highest BCUT2D eigenvalue weighted by molar-refractivity contribution is 14.1. The maximum atomic E-state index is 12.4. The maximum absolute atomic E-state index is 12.4. The molecule has 8 heteroatoms. The summed E-state index contributed by atoms with van der Waals surface area (Å²) >= 11 is 1.32. The normalized spacial score (nSPS) is 12.2.